The fraction of sp³-hybridized carbons (Fsp3) is 1.00. The van der Waals surface area contributed by atoms with Gasteiger partial charge in [-0.2, -0.15) is 0 Å². The summed E-state index contributed by atoms with van der Waals surface area (Å²) in [5, 5.41) is 3.52. The highest BCUT2D eigenvalue weighted by molar-refractivity contribution is 4.81. The molecule has 0 aliphatic carbocycles. The molecule has 0 radical (unpaired) electrons. The Kier molecular flexibility index (Phi) is 4.90. The van der Waals surface area contributed by atoms with Gasteiger partial charge in [-0.05, 0) is 58.3 Å². The molecule has 0 bridgehead atoms. The summed E-state index contributed by atoms with van der Waals surface area (Å²) >= 11 is 0. The van der Waals surface area contributed by atoms with Gasteiger partial charge in [-0.1, -0.05) is 13.8 Å². The molecule has 0 amide bonds. The average Bonchev–Trinajstić information content (AvgIpc) is 2.15. The summed E-state index contributed by atoms with van der Waals surface area (Å²) in [4.78, 5) is 2.41. The molecule has 2 atom stereocenters. The van der Waals surface area contributed by atoms with Gasteiger partial charge in [0.1, 0.15) is 0 Å². The van der Waals surface area contributed by atoms with Crippen molar-refractivity contribution in [2.75, 3.05) is 27.2 Å². The zero-order valence-corrected chi connectivity index (χ0v) is 10.2. The van der Waals surface area contributed by atoms with Crippen molar-refractivity contribution >= 4 is 0 Å². The molecule has 2 nitrogen and oxygen atoms in total. The number of nitrogens with one attached hydrogen (secondary N) is 1. The van der Waals surface area contributed by atoms with E-state index >= 15 is 0 Å². The summed E-state index contributed by atoms with van der Waals surface area (Å²) < 4.78 is 0. The van der Waals surface area contributed by atoms with Crippen LogP contribution in [0.25, 0.3) is 0 Å². The minimum atomic E-state index is 0.766. The third kappa shape index (κ3) is 3.58. The summed E-state index contributed by atoms with van der Waals surface area (Å²) in [6, 6.07) is 0.766. The third-order valence-electron chi connectivity index (χ3n) is 3.26. The van der Waals surface area contributed by atoms with E-state index in [2.05, 4.69) is 38.2 Å². The summed E-state index contributed by atoms with van der Waals surface area (Å²) in [6.07, 6.45) is 4.09. The van der Waals surface area contributed by atoms with Crippen LogP contribution < -0.4 is 5.32 Å². The molecule has 1 heterocycles. The lowest BCUT2D eigenvalue weighted by Gasteiger charge is -2.36. The van der Waals surface area contributed by atoms with Gasteiger partial charge in [0.2, 0.25) is 0 Å². The molecule has 1 saturated heterocycles. The van der Waals surface area contributed by atoms with Gasteiger partial charge in [0.25, 0.3) is 0 Å². The Morgan fingerprint density at radius 1 is 1.36 bits per heavy atom. The average molecular weight is 198 g/mol. The van der Waals surface area contributed by atoms with Crippen molar-refractivity contribution in [3.05, 3.63) is 0 Å². The van der Waals surface area contributed by atoms with Crippen molar-refractivity contribution in [2.24, 2.45) is 11.8 Å². The van der Waals surface area contributed by atoms with Gasteiger partial charge in [-0.15, -0.1) is 0 Å². The quantitative estimate of drug-likeness (QED) is 0.743. The SMILES string of the molecule is CC(C)CC(C1CCCNC1)N(C)C. The van der Waals surface area contributed by atoms with Gasteiger partial charge < -0.3 is 10.2 Å². The molecule has 84 valence electrons. The Labute approximate surface area is 89.1 Å². The van der Waals surface area contributed by atoms with E-state index in [1.54, 1.807) is 0 Å². The first kappa shape index (κ1) is 12.0. The molecule has 2 heteroatoms. The van der Waals surface area contributed by atoms with Crippen LogP contribution in [0.3, 0.4) is 0 Å². The van der Waals surface area contributed by atoms with Crippen LogP contribution in [-0.4, -0.2) is 38.1 Å². The number of rotatable bonds is 4. The van der Waals surface area contributed by atoms with Crippen molar-refractivity contribution in [1.82, 2.24) is 10.2 Å². The third-order valence-corrected chi connectivity index (χ3v) is 3.26. The number of hydrogen-bond donors (Lipinski definition) is 1. The molecule has 1 fully saturated rings. The molecule has 1 aliphatic rings. The highest BCUT2D eigenvalue weighted by Crippen LogP contribution is 2.23. The second-order valence-corrected chi connectivity index (χ2v) is 5.27. The van der Waals surface area contributed by atoms with Crippen molar-refractivity contribution in [3.63, 3.8) is 0 Å². The second kappa shape index (κ2) is 5.72. The molecule has 1 rings (SSSR count). The highest BCUT2D eigenvalue weighted by atomic mass is 15.1. The first-order valence-electron chi connectivity index (χ1n) is 5.98. The van der Waals surface area contributed by atoms with Crippen molar-refractivity contribution in [1.29, 1.82) is 0 Å². The van der Waals surface area contributed by atoms with Gasteiger partial charge >= 0.3 is 0 Å². The van der Waals surface area contributed by atoms with E-state index in [0.717, 1.165) is 17.9 Å². The molecule has 0 saturated carbocycles. The lowest BCUT2D eigenvalue weighted by Crippen LogP contribution is -2.44. The van der Waals surface area contributed by atoms with E-state index in [1.807, 2.05) is 0 Å². The predicted molar refractivity (Wildman–Crippen MR) is 62.5 cm³/mol. The molecule has 0 aromatic heterocycles. The van der Waals surface area contributed by atoms with E-state index in [-0.39, 0.29) is 0 Å². The van der Waals surface area contributed by atoms with Crippen LogP contribution in [0.15, 0.2) is 0 Å². The van der Waals surface area contributed by atoms with Crippen molar-refractivity contribution < 1.29 is 0 Å². The summed E-state index contributed by atoms with van der Waals surface area (Å²) in [6.45, 7) is 7.09. The Morgan fingerprint density at radius 3 is 2.50 bits per heavy atom. The monoisotopic (exact) mass is 198 g/mol. The summed E-state index contributed by atoms with van der Waals surface area (Å²) in [5.74, 6) is 1.67. The van der Waals surface area contributed by atoms with Crippen LogP contribution >= 0.6 is 0 Å². The summed E-state index contributed by atoms with van der Waals surface area (Å²) in [5.41, 5.74) is 0. The van der Waals surface area contributed by atoms with Crippen LogP contribution in [0.2, 0.25) is 0 Å². The zero-order valence-electron chi connectivity index (χ0n) is 10.2. The molecular formula is C12H26N2. The van der Waals surface area contributed by atoms with Gasteiger partial charge in [0, 0.05) is 6.04 Å². The van der Waals surface area contributed by atoms with E-state index in [0.29, 0.717) is 0 Å². The Hall–Kier alpha value is -0.0800. The maximum absolute atomic E-state index is 3.52. The molecular weight excluding hydrogens is 172 g/mol. The van der Waals surface area contributed by atoms with Crippen LogP contribution in [0.1, 0.15) is 33.1 Å². The van der Waals surface area contributed by atoms with Crippen LogP contribution in [0.4, 0.5) is 0 Å². The van der Waals surface area contributed by atoms with E-state index in [1.165, 1.54) is 32.4 Å². The lowest BCUT2D eigenvalue weighted by molar-refractivity contribution is 0.156. The highest BCUT2D eigenvalue weighted by Gasteiger charge is 2.25. The molecule has 1 N–H and O–H groups in total. The van der Waals surface area contributed by atoms with Gasteiger partial charge in [0.05, 0.1) is 0 Å². The van der Waals surface area contributed by atoms with E-state index < -0.39 is 0 Å². The molecule has 0 aromatic rings. The van der Waals surface area contributed by atoms with Crippen molar-refractivity contribution in [2.45, 2.75) is 39.2 Å². The van der Waals surface area contributed by atoms with Crippen LogP contribution in [0, 0.1) is 11.8 Å². The second-order valence-electron chi connectivity index (χ2n) is 5.27. The Bertz CT molecular complexity index is 148. The van der Waals surface area contributed by atoms with Crippen LogP contribution in [0.5, 0.6) is 0 Å². The Morgan fingerprint density at radius 2 is 2.07 bits per heavy atom. The molecule has 1 aliphatic heterocycles. The maximum atomic E-state index is 3.52. The van der Waals surface area contributed by atoms with Gasteiger partial charge in [-0.3, -0.25) is 0 Å². The number of hydrogen-bond acceptors (Lipinski definition) is 2. The first-order chi connectivity index (χ1) is 6.61. The normalized spacial score (nSPS) is 25.7. The number of nitrogens with zero attached hydrogens (tertiary/aromatic N) is 1. The first-order valence-corrected chi connectivity index (χ1v) is 5.98. The summed E-state index contributed by atoms with van der Waals surface area (Å²) in [7, 11) is 4.45. The Balaban J connectivity index is 2.47. The largest absolute Gasteiger partial charge is 0.316 e. The number of piperidine rings is 1. The molecule has 0 aromatic carbocycles. The maximum Gasteiger partial charge on any atom is 0.0132 e. The predicted octanol–water partition coefficient (Wildman–Crippen LogP) is 1.96. The fourth-order valence-corrected chi connectivity index (χ4v) is 2.52. The minimum Gasteiger partial charge on any atom is -0.316 e. The zero-order chi connectivity index (χ0) is 10.6. The van der Waals surface area contributed by atoms with Crippen molar-refractivity contribution in [3.8, 4) is 0 Å². The van der Waals surface area contributed by atoms with Gasteiger partial charge in [0.15, 0.2) is 0 Å². The molecule has 14 heavy (non-hydrogen) atoms. The van der Waals surface area contributed by atoms with Gasteiger partial charge in [-0.25, -0.2) is 0 Å². The fourth-order valence-electron chi connectivity index (χ4n) is 2.52. The van der Waals surface area contributed by atoms with E-state index in [4.69, 9.17) is 0 Å². The standard InChI is InChI=1S/C12H26N2/c1-10(2)8-12(14(3)4)11-6-5-7-13-9-11/h10-13H,5-9H2,1-4H3. The lowest BCUT2D eigenvalue weighted by atomic mass is 9.86. The van der Waals surface area contributed by atoms with E-state index in [9.17, 15) is 0 Å². The molecule has 2 unspecified atom stereocenters. The minimum absolute atomic E-state index is 0.766. The van der Waals surface area contributed by atoms with Crippen LogP contribution in [-0.2, 0) is 0 Å². The smallest absolute Gasteiger partial charge is 0.0132 e. The topological polar surface area (TPSA) is 15.3 Å². The molecule has 0 spiro atoms.